The summed E-state index contributed by atoms with van der Waals surface area (Å²) in [4.78, 5) is 59.5. The van der Waals surface area contributed by atoms with Gasteiger partial charge in [0.1, 0.15) is 29.9 Å². The Hall–Kier alpha value is -4.40. The highest BCUT2D eigenvalue weighted by molar-refractivity contribution is 9.09. The lowest BCUT2D eigenvalue weighted by molar-refractivity contribution is -0.161. The number of carbonyl (C=O) groups is 4. The minimum absolute atomic E-state index is 0.0164. The van der Waals surface area contributed by atoms with E-state index < -0.39 is 59.5 Å². The number of nitrogens with one attached hydrogen (secondary N) is 1. The third-order valence-corrected chi connectivity index (χ3v) is 11.3. The second-order valence-electron chi connectivity index (χ2n) is 14.4. The molecular weight excluding hydrogens is 744 g/mol. The summed E-state index contributed by atoms with van der Waals surface area (Å²) in [7, 11) is 0. The Bertz CT molecular complexity index is 1840. The maximum absolute atomic E-state index is 15.0. The normalized spacial score (nSPS) is 25.6. The number of hydrogen-bond acceptors (Lipinski definition) is 9. The summed E-state index contributed by atoms with van der Waals surface area (Å²) in [5.41, 5.74) is 0.665. The first-order valence-electron chi connectivity index (χ1n) is 18.1. The van der Waals surface area contributed by atoms with Crippen molar-refractivity contribution in [1.82, 2.24) is 30.1 Å². The first-order valence-corrected chi connectivity index (χ1v) is 19.0. The van der Waals surface area contributed by atoms with Gasteiger partial charge in [-0.1, -0.05) is 89.6 Å². The zero-order valence-corrected chi connectivity index (χ0v) is 31.6. The molecule has 2 aromatic carbocycles. The number of amides is 3. The molecule has 1 aromatic heterocycles. The first-order chi connectivity index (χ1) is 25.5. The van der Waals surface area contributed by atoms with Gasteiger partial charge in [-0.05, 0) is 42.9 Å². The molecule has 0 radical (unpaired) electrons. The number of ether oxygens (including phenoxy) is 2. The van der Waals surface area contributed by atoms with Crippen molar-refractivity contribution in [2.75, 3.05) is 19.7 Å². The number of aliphatic hydroxyl groups is 1. The van der Waals surface area contributed by atoms with Crippen LogP contribution in [-0.4, -0.2) is 102 Å². The van der Waals surface area contributed by atoms with Crippen LogP contribution in [0.25, 0.3) is 11.0 Å². The van der Waals surface area contributed by atoms with Crippen molar-refractivity contribution in [3.63, 3.8) is 0 Å². The molecule has 1 spiro atoms. The molecule has 3 fully saturated rings. The molecular formula is C39H47BrN6O7. The van der Waals surface area contributed by atoms with Crippen molar-refractivity contribution in [2.45, 2.75) is 80.9 Å². The van der Waals surface area contributed by atoms with Gasteiger partial charge in [0, 0.05) is 17.8 Å². The third kappa shape index (κ3) is 7.41. The number of esters is 1. The number of aliphatic hydroxyl groups excluding tert-OH is 1. The molecule has 6 rings (SSSR count). The Balaban J connectivity index is 1.35. The van der Waals surface area contributed by atoms with Gasteiger partial charge in [-0.3, -0.25) is 19.2 Å². The van der Waals surface area contributed by atoms with Gasteiger partial charge >= 0.3 is 5.97 Å². The second kappa shape index (κ2) is 16.3. The van der Waals surface area contributed by atoms with E-state index in [0.29, 0.717) is 23.9 Å². The molecule has 3 saturated heterocycles. The Labute approximate surface area is 317 Å². The van der Waals surface area contributed by atoms with E-state index in [1.807, 2.05) is 56.3 Å². The molecule has 2 bridgehead atoms. The smallest absolute Gasteiger partial charge is 0.313 e. The summed E-state index contributed by atoms with van der Waals surface area (Å²) in [6.07, 6.45) is 3.09. The lowest BCUT2D eigenvalue weighted by atomic mass is 9.70. The zero-order valence-electron chi connectivity index (χ0n) is 30.1. The Kier molecular flexibility index (Phi) is 11.8. The van der Waals surface area contributed by atoms with Crippen molar-refractivity contribution in [3.8, 4) is 0 Å². The molecule has 282 valence electrons. The van der Waals surface area contributed by atoms with E-state index in [0.717, 1.165) is 5.52 Å². The standard InChI is InChI=1S/C39H47BrN6O7/c1-5-7-17-31(48)41-21-30(25-13-9-8-10-14-25)52-38(51)32-33-36(49)46(26(22-47)19-24(3)4)35(39(33)20-27(40)34(32)53-39)37(50)44(18-6-2)23-45-29-16-12-11-15-28(29)42-43-45/h5-6,8-16,24,26-27,30,32-35,47H,1-2,7,17-23H2,3-4H3,(H,41,48)/t26-,27?,30+,32-,33+,34-,35-,39+/m1/s1. The van der Waals surface area contributed by atoms with Crippen LogP contribution in [0.5, 0.6) is 0 Å². The van der Waals surface area contributed by atoms with Crippen molar-refractivity contribution < 1.29 is 33.8 Å². The highest BCUT2D eigenvalue weighted by atomic mass is 79.9. The average Bonchev–Trinajstić information content (AvgIpc) is 3.88. The molecule has 3 amide bonds. The number of benzene rings is 2. The molecule has 2 N–H and O–H groups in total. The first kappa shape index (κ1) is 38.3. The number of nitrogens with zero attached hydrogens (tertiary/aromatic N) is 5. The van der Waals surface area contributed by atoms with E-state index in [9.17, 15) is 19.5 Å². The topological polar surface area (TPSA) is 156 Å². The number of allylic oxidation sites excluding steroid dienone is 1. The molecule has 1 unspecified atom stereocenters. The molecule has 4 heterocycles. The fraction of sp³-hybridized carbons (Fsp3) is 0.487. The van der Waals surface area contributed by atoms with Crippen molar-refractivity contribution >= 4 is 50.7 Å². The van der Waals surface area contributed by atoms with Crippen molar-refractivity contribution in [1.29, 1.82) is 0 Å². The lowest BCUT2D eigenvalue weighted by Gasteiger charge is -2.39. The van der Waals surface area contributed by atoms with E-state index in [1.165, 1.54) is 4.90 Å². The van der Waals surface area contributed by atoms with E-state index in [1.54, 1.807) is 33.9 Å². The van der Waals surface area contributed by atoms with E-state index >= 15 is 4.79 Å². The fourth-order valence-electron chi connectivity index (χ4n) is 8.20. The van der Waals surface area contributed by atoms with E-state index in [2.05, 4.69) is 44.7 Å². The second-order valence-corrected chi connectivity index (χ2v) is 15.6. The predicted molar refractivity (Wildman–Crippen MR) is 200 cm³/mol. The molecule has 3 aromatic rings. The molecule has 14 heteroatoms. The quantitative estimate of drug-likeness (QED) is 0.118. The van der Waals surface area contributed by atoms with E-state index in [4.69, 9.17) is 9.47 Å². The van der Waals surface area contributed by atoms with Gasteiger partial charge in [0.2, 0.25) is 17.7 Å². The van der Waals surface area contributed by atoms with Gasteiger partial charge in [-0.2, -0.15) is 0 Å². The maximum Gasteiger partial charge on any atom is 0.313 e. The number of rotatable bonds is 17. The van der Waals surface area contributed by atoms with Gasteiger partial charge in [-0.25, -0.2) is 4.68 Å². The summed E-state index contributed by atoms with van der Waals surface area (Å²) < 4.78 is 14.6. The Morgan fingerprint density at radius 2 is 1.89 bits per heavy atom. The Morgan fingerprint density at radius 3 is 2.58 bits per heavy atom. The summed E-state index contributed by atoms with van der Waals surface area (Å²) in [6.45, 7) is 11.3. The van der Waals surface area contributed by atoms with Gasteiger partial charge in [-0.15, -0.1) is 18.3 Å². The molecule has 13 nitrogen and oxygen atoms in total. The van der Waals surface area contributed by atoms with Gasteiger partial charge in [0.25, 0.3) is 0 Å². The van der Waals surface area contributed by atoms with Crippen LogP contribution in [0.15, 0.2) is 79.9 Å². The third-order valence-electron chi connectivity index (χ3n) is 10.5. The van der Waals surface area contributed by atoms with Crippen LogP contribution < -0.4 is 5.32 Å². The van der Waals surface area contributed by atoms with Crippen LogP contribution in [0.2, 0.25) is 0 Å². The largest absolute Gasteiger partial charge is 0.455 e. The van der Waals surface area contributed by atoms with Gasteiger partial charge in [0.15, 0.2) is 0 Å². The van der Waals surface area contributed by atoms with Crippen molar-refractivity contribution in [3.05, 3.63) is 85.5 Å². The summed E-state index contributed by atoms with van der Waals surface area (Å²) in [6, 6.07) is 14.6. The highest BCUT2D eigenvalue weighted by Gasteiger charge is 2.77. The number of likely N-dealkylation sites (tertiary alicyclic amines) is 1. The highest BCUT2D eigenvalue weighted by Crippen LogP contribution is 2.61. The number of hydrogen-bond donors (Lipinski definition) is 2. The van der Waals surface area contributed by atoms with Crippen LogP contribution in [0.4, 0.5) is 0 Å². The number of halogens is 1. The molecule has 0 saturated carbocycles. The van der Waals surface area contributed by atoms with Crippen LogP contribution in [0.1, 0.15) is 51.2 Å². The van der Waals surface area contributed by atoms with Gasteiger partial charge in [0.05, 0.1) is 42.6 Å². The van der Waals surface area contributed by atoms with Crippen LogP contribution in [0, 0.1) is 17.8 Å². The monoisotopic (exact) mass is 790 g/mol. The van der Waals surface area contributed by atoms with Crippen molar-refractivity contribution in [2.24, 2.45) is 17.8 Å². The fourth-order valence-corrected chi connectivity index (χ4v) is 9.14. The number of fused-ring (bicyclic) bond motifs is 2. The molecule has 3 aliphatic heterocycles. The predicted octanol–water partition coefficient (Wildman–Crippen LogP) is 3.93. The number of alkyl halides is 1. The number of carbonyl (C=O) groups excluding carboxylic acids is 4. The molecule has 0 aliphatic carbocycles. The van der Waals surface area contributed by atoms with Crippen LogP contribution >= 0.6 is 15.9 Å². The average molecular weight is 792 g/mol. The minimum atomic E-state index is -1.40. The van der Waals surface area contributed by atoms with E-state index in [-0.39, 0.29) is 55.9 Å². The molecule has 53 heavy (non-hydrogen) atoms. The summed E-state index contributed by atoms with van der Waals surface area (Å²) in [5.74, 6) is -3.77. The van der Waals surface area contributed by atoms with Gasteiger partial charge < -0.3 is 29.7 Å². The summed E-state index contributed by atoms with van der Waals surface area (Å²) >= 11 is 3.73. The van der Waals surface area contributed by atoms with Crippen LogP contribution in [-0.2, 0) is 35.3 Å². The summed E-state index contributed by atoms with van der Waals surface area (Å²) in [5, 5.41) is 22.1. The molecule has 8 atom stereocenters. The number of aromatic nitrogens is 3. The number of para-hydroxylation sites is 1. The van der Waals surface area contributed by atoms with Crippen LogP contribution in [0.3, 0.4) is 0 Å². The SMILES string of the molecule is C=CCCC(=O)NC[C@H](OC(=O)[C@H]1[C@@H]2O[C@@]3(CC2Br)[C@@H]1C(=O)N([C@@H](CO)CC(C)C)[C@@H]3C(=O)N(CC=C)Cn1nnc2ccccc21)c1ccccc1. The minimum Gasteiger partial charge on any atom is -0.455 e. The lowest BCUT2D eigenvalue weighted by Crippen LogP contribution is -2.59. The molecule has 3 aliphatic rings. The zero-order chi connectivity index (χ0) is 37.9. The maximum atomic E-state index is 15.0. The Morgan fingerprint density at radius 1 is 1.15 bits per heavy atom.